The molecule has 0 saturated carbocycles. The molecule has 0 aliphatic carbocycles. The lowest BCUT2D eigenvalue weighted by Crippen LogP contribution is -2.27. The Kier molecular flexibility index (Phi) is 5.68. The van der Waals surface area contributed by atoms with Crippen molar-refractivity contribution in [1.29, 1.82) is 0 Å². The van der Waals surface area contributed by atoms with Crippen LogP contribution in [0.15, 0.2) is 54.9 Å². The van der Waals surface area contributed by atoms with Gasteiger partial charge in [0.15, 0.2) is 0 Å². The molecule has 1 aromatic heterocycles. The molecule has 1 unspecified atom stereocenters. The molecule has 0 radical (unpaired) electrons. The van der Waals surface area contributed by atoms with E-state index in [4.69, 9.17) is 5.11 Å². The van der Waals surface area contributed by atoms with Crippen molar-refractivity contribution < 1.29 is 15.0 Å². The van der Waals surface area contributed by atoms with Crippen LogP contribution in [-0.4, -0.2) is 27.7 Å². The van der Waals surface area contributed by atoms with Crippen LogP contribution in [0.3, 0.4) is 0 Å². The zero-order chi connectivity index (χ0) is 15.8. The number of nitrogens with one attached hydrogen (secondary N) is 1. The first kappa shape index (κ1) is 15.7. The third-order valence-electron chi connectivity index (χ3n) is 3.11. The van der Waals surface area contributed by atoms with Crippen LogP contribution >= 0.6 is 0 Å². The maximum Gasteiger partial charge on any atom is 0.244 e. The molecule has 5 heteroatoms. The molecule has 3 N–H and O–H groups in total. The highest BCUT2D eigenvalue weighted by molar-refractivity contribution is 5.92. The zero-order valence-corrected chi connectivity index (χ0v) is 12.0. The molecule has 0 fully saturated rings. The van der Waals surface area contributed by atoms with E-state index in [1.54, 1.807) is 12.3 Å². The van der Waals surface area contributed by atoms with E-state index >= 15 is 0 Å². The number of carbonyl (C=O) groups is 1. The minimum Gasteiger partial charge on any atom is -0.506 e. The van der Waals surface area contributed by atoms with Gasteiger partial charge >= 0.3 is 0 Å². The number of benzene rings is 1. The number of hydrogen-bond donors (Lipinski definition) is 3. The van der Waals surface area contributed by atoms with Gasteiger partial charge < -0.3 is 15.5 Å². The lowest BCUT2D eigenvalue weighted by atomic mass is 10.0. The monoisotopic (exact) mass is 298 g/mol. The summed E-state index contributed by atoms with van der Waals surface area (Å²) in [4.78, 5) is 15.8. The Balaban J connectivity index is 2.02. The summed E-state index contributed by atoms with van der Waals surface area (Å²) in [5.41, 5.74) is 1.57. The molecular weight excluding hydrogens is 280 g/mol. The molecule has 0 aliphatic heterocycles. The van der Waals surface area contributed by atoms with E-state index in [2.05, 4.69) is 10.3 Å². The summed E-state index contributed by atoms with van der Waals surface area (Å²) in [6, 6.07) is 10.8. The lowest BCUT2D eigenvalue weighted by Gasteiger charge is -2.17. The van der Waals surface area contributed by atoms with Gasteiger partial charge in [0.1, 0.15) is 5.75 Å². The smallest absolute Gasteiger partial charge is 0.244 e. The molecule has 1 amide bonds. The minimum absolute atomic E-state index is 0.0139. The average molecular weight is 298 g/mol. The van der Waals surface area contributed by atoms with Gasteiger partial charge in [0.25, 0.3) is 0 Å². The topological polar surface area (TPSA) is 82.5 Å². The molecule has 5 nitrogen and oxygen atoms in total. The van der Waals surface area contributed by atoms with Crippen LogP contribution in [0.25, 0.3) is 6.08 Å². The fourth-order valence-electron chi connectivity index (χ4n) is 2.06. The van der Waals surface area contributed by atoms with Crippen LogP contribution < -0.4 is 5.32 Å². The molecule has 22 heavy (non-hydrogen) atoms. The Bertz CT molecular complexity index is 641. The molecule has 0 spiro atoms. The van der Waals surface area contributed by atoms with Crippen LogP contribution in [0.2, 0.25) is 0 Å². The van der Waals surface area contributed by atoms with Crippen molar-refractivity contribution in [2.75, 3.05) is 6.61 Å². The predicted octanol–water partition coefficient (Wildman–Crippen LogP) is 2.04. The standard InChI is InChI=1S/C17H18N2O3/c20-9-8-16(14-4-2-1-3-5-14)19-17(22)7-6-13-10-15(21)12-18-11-13/h1-7,10-12,16,20-21H,8-9H2,(H,19,22)/b7-6+. The molecular formula is C17H18N2O3. The number of pyridine rings is 1. The van der Waals surface area contributed by atoms with E-state index in [1.165, 1.54) is 18.3 Å². The summed E-state index contributed by atoms with van der Waals surface area (Å²) < 4.78 is 0. The van der Waals surface area contributed by atoms with Gasteiger partial charge in [0.2, 0.25) is 5.91 Å². The largest absolute Gasteiger partial charge is 0.506 e. The molecule has 1 aromatic carbocycles. The van der Waals surface area contributed by atoms with Crippen molar-refractivity contribution in [2.24, 2.45) is 0 Å². The van der Waals surface area contributed by atoms with Gasteiger partial charge in [-0.1, -0.05) is 30.3 Å². The number of amides is 1. The molecule has 2 aromatic rings. The first-order valence-electron chi connectivity index (χ1n) is 6.97. The molecule has 114 valence electrons. The van der Waals surface area contributed by atoms with Crippen LogP contribution in [0.1, 0.15) is 23.6 Å². The van der Waals surface area contributed by atoms with E-state index in [9.17, 15) is 9.90 Å². The fourth-order valence-corrected chi connectivity index (χ4v) is 2.06. The molecule has 1 heterocycles. The summed E-state index contributed by atoms with van der Waals surface area (Å²) in [7, 11) is 0. The summed E-state index contributed by atoms with van der Waals surface area (Å²) in [6.07, 6.45) is 6.26. The van der Waals surface area contributed by atoms with Crippen molar-refractivity contribution in [3.63, 3.8) is 0 Å². The van der Waals surface area contributed by atoms with E-state index < -0.39 is 0 Å². The number of aliphatic hydroxyl groups excluding tert-OH is 1. The fraction of sp³-hybridized carbons (Fsp3) is 0.176. The molecule has 1 atom stereocenters. The van der Waals surface area contributed by atoms with Gasteiger partial charge in [-0.3, -0.25) is 9.78 Å². The van der Waals surface area contributed by atoms with Crippen LogP contribution in [0.4, 0.5) is 0 Å². The van der Waals surface area contributed by atoms with Crippen molar-refractivity contribution in [3.8, 4) is 5.75 Å². The van der Waals surface area contributed by atoms with Gasteiger partial charge in [0, 0.05) is 18.9 Å². The van der Waals surface area contributed by atoms with Gasteiger partial charge in [-0.2, -0.15) is 0 Å². The zero-order valence-electron chi connectivity index (χ0n) is 12.0. The number of nitrogens with zero attached hydrogens (tertiary/aromatic N) is 1. The van der Waals surface area contributed by atoms with Crippen molar-refractivity contribution in [2.45, 2.75) is 12.5 Å². The minimum atomic E-state index is -0.273. The molecule has 2 rings (SSSR count). The van der Waals surface area contributed by atoms with Crippen LogP contribution in [-0.2, 0) is 4.79 Å². The van der Waals surface area contributed by atoms with Crippen LogP contribution in [0, 0.1) is 0 Å². The SMILES string of the molecule is O=C(/C=C/c1cncc(O)c1)NC(CCO)c1ccccc1. The van der Waals surface area contributed by atoms with Crippen LogP contribution in [0.5, 0.6) is 5.75 Å². The summed E-state index contributed by atoms with van der Waals surface area (Å²) in [5.74, 6) is -0.226. The average Bonchev–Trinajstić information content (AvgIpc) is 2.53. The Morgan fingerprint density at radius 2 is 2.05 bits per heavy atom. The first-order chi connectivity index (χ1) is 10.7. The maximum atomic E-state index is 12.0. The lowest BCUT2D eigenvalue weighted by molar-refractivity contribution is -0.117. The highest BCUT2D eigenvalue weighted by Crippen LogP contribution is 2.16. The number of carbonyl (C=O) groups excluding carboxylic acids is 1. The number of aromatic hydroxyl groups is 1. The van der Waals surface area contributed by atoms with Gasteiger partial charge in [-0.25, -0.2) is 0 Å². The quantitative estimate of drug-likeness (QED) is 0.713. The van der Waals surface area contributed by atoms with Gasteiger partial charge in [0.05, 0.1) is 12.2 Å². The number of aromatic nitrogens is 1. The highest BCUT2D eigenvalue weighted by Gasteiger charge is 2.12. The number of aliphatic hydroxyl groups is 1. The third kappa shape index (κ3) is 4.71. The number of rotatable bonds is 6. The Labute approximate surface area is 129 Å². The van der Waals surface area contributed by atoms with Gasteiger partial charge in [-0.15, -0.1) is 0 Å². The van der Waals surface area contributed by atoms with E-state index in [1.807, 2.05) is 30.3 Å². The highest BCUT2D eigenvalue weighted by atomic mass is 16.3. The van der Waals surface area contributed by atoms with E-state index in [-0.39, 0.29) is 24.3 Å². The molecule has 0 aliphatic rings. The summed E-state index contributed by atoms with van der Waals surface area (Å²) in [6.45, 7) is -0.0139. The second-order valence-electron chi connectivity index (χ2n) is 4.79. The van der Waals surface area contributed by atoms with E-state index in [0.29, 0.717) is 12.0 Å². The van der Waals surface area contributed by atoms with Crippen molar-refractivity contribution in [1.82, 2.24) is 10.3 Å². The Morgan fingerprint density at radius 3 is 2.73 bits per heavy atom. The second-order valence-corrected chi connectivity index (χ2v) is 4.79. The second kappa shape index (κ2) is 7.95. The Hall–Kier alpha value is -2.66. The normalized spacial score (nSPS) is 12.2. The van der Waals surface area contributed by atoms with Gasteiger partial charge in [-0.05, 0) is 29.7 Å². The van der Waals surface area contributed by atoms with E-state index in [0.717, 1.165) is 5.56 Å². The third-order valence-corrected chi connectivity index (χ3v) is 3.11. The first-order valence-corrected chi connectivity index (χ1v) is 6.97. The van der Waals surface area contributed by atoms with Crippen molar-refractivity contribution >= 4 is 12.0 Å². The molecule has 0 saturated heterocycles. The Morgan fingerprint density at radius 1 is 1.27 bits per heavy atom. The summed E-state index contributed by atoms with van der Waals surface area (Å²) in [5, 5.41) is 21.3. The van der Waals surface area contributed by atoms with Crippen molar-refractivity contribution in [3.05, 3.63) is 66.0 Å². The summed E-state index contributed by atoms with van der Waals surface area (Å²) >= 11 is 0. The number of hydrogen-bond acceptors (Lipinski definition) is 4. The predicted molar refractivity (Wildman–Crippen MR) is 84.0 cm³/mol. The molecule has 0 bridgehead atoms. The maximum absolute atomic E-state index is 12.0.